The van der Waals surface area contributed by atoms with Crippen molar-refractivity contribution in [1.82, 2.24) is 0 Å². The molecule has 208 valence electrons. The van der Waals surface area contributed by atoms with E-state index in [-0.39, 0.29) is 11.9 Å². The highest BCUT2D eigenvalue weighted by atomic mass is 127. The fourth-order valence-corrected chi connectivity index (χ4v) is 6.54. The molecular weight excluding hydrogens is 626 g/mol. The molecule has 0 saturated carbocycles. The summed E-state index contributed by atoms with van der Waals surface area (Å²) in [5.41, 5.74) is 7.95. The monoisotopic (exact) mass is 658 g/mol. The lowest BCUT2D eigenvalue weighted by Gasteiger charge is -2.37. The third kappa shape index (κ3) is 6.03. The summed E-state index contributed by atoms with van der Waals surface area (Å²) in [5.74, 6) is 2.05. The van der Waals surface area contributed by atoms with Crippen molar-refractivity contribution in [3.63, 3.8) is 0 Å². The highest BCUT2D eigenvalue weighted by Crippen LogP contribution is 2.50. The Morgan fingerprint density at radius 1 is 1.00 bits per heavy atom. The van der Waals surface area contributed by atoms with Gasteiger partial charge in [-0.25, -0.2) is 4.39 Å². The first-order valence-electron chi connectivity index (χ1n) is 14.0. The number of hydrogen-bond acceptors (Lipinski definition) is 4. The van der Waals surface area contributed by atoms with Crippen LogP contribution < -0.4 is 14.8 Å². The van der Waals surface area contributed by atoms with Gasteiger partial charge < -0.3 is 14.8 Å². The van der Waals surface area contributed by atoms with Crippen LogP contribution in [0.5, 0.6) is 11.5 Å². The van der Waals surface area contributed by atoms with Gasteiger partial charge in [0.25, 0.3) is 0 Å². The van der Waals surface area contributed by atoms with E-state index in [1.54, 1.807) is 12.1 Å². The molecule has 0 radical (unpaired) electrons. The number of nitrogens with zero attached hydrogens (tertiary/aromatic N) is 1. The van der Waals surface area contributed by atoms with Crippen molar-refractivity contribution < 1.29 is 13.9 Å². The number of nitrogens with one attached hydrogen (secondary N) is 1. The van der Waals surface area contributed by atoms with Crippen molar-refractivity contribution in [3.8, 4) is 11.5 Å². The van der Waals surface area contributed by atoms with Crippen LogP contribution in [0.3, 0.4) is 0 Å². The third-order valence-electron chi connectivity index (χ3n) is 7.76. The standard InChI is InChI=1S/C35H32FIN2O2/c1-3-40-33-19-24(18-31(37)35(33)41-21-23-8-12-26(36)13-9-23)20-38-27-14-10-25(11-15-27)34-29-6-4-5-28(29)30-17-22(2)7-16-32(30)39-34/h4-5,7-20,28-29,34,39H,3,6,21H2,1-2H3/t28-,29-,34+/m1/s1. The molecule has 1 aliphatic carbocycles. The zero-order valence-corrected chi connectivity index (χ0v) is 25.3. The molecule has 1 N–H and O–H groups in total. The second kappa shape index (κ2) is 12.1. The Morgan fingerprint density at radius 2 is 1.80 bits per heavy atom. The topological polar surface area (TPSA) is 42.8 Å². The normalized spacial score (nSPS) is 19.1. The number of allylic oxidation sites excluding steroid dienone is 2. The fraction of sp³-hybridized carbons (Fsp3) is 0.229. The van der Waals surface area contributed by atoms with Crippen LogP contribution >= 0.6 is 22.6 Å². The van der Waals surface area contributed by atoms with E-state index in [1.807, 2.05) is 25.3 Å². The molecule has 0 bridgehead atoms. The highest BCUT2D eigenvalue weighted by Gasteiger charge is 2.37. The number of aryl methyl sites for hydroxylation is 1. The van der Waals surface area contributed by atoms with Gasteiger partial charge in [0.1, 0.15) is 12.4 Å². The number of anilines is 1. The van der Waals surface area contributed by atoms with Crippen LogP contribution in [0.4, 0.5) is 15.8 Å². The average Bonchev–Trinajstić information content (AvgIpc) is 3.47. The summed E-state index contributed by atoms with van der Waals surface area (Å²) in [7, 11) is 0. The lowest BCUT2D eigenvalue weighted by atomic mass is 9.76. The lowest BCUT2D eigenvalue weighted by Crippen LogP contribution is -2.29. The van der Waals surface area contributed by atoms with Crippen LogP contribution in [-0.4, -0.2) is 12.8 Å². The Labute approximate surface area is 254 Å². The number of ether oxygens (including phenoxy) is 2. The van der Waals surface area contributed by atoms with E-state index in [4.69, 9.17) is 14.5 Å². The maximum Gasteiger partial charge on any atom is 0.175 e. The number of fused-ring (bicyclic) bond motifs is 3. The zero-order chi connectivity index (χ0) is 28.3. The molecule has 6 heteroatoms. The van der Waals surface area contributed by atoms with E-state index in [1.165, 1.54) is 34.5 Å². The van der Waals surface area contributed by atoms with Gasteiger partial charge in [0.05, 0.1) is 21.9 Å². The molecule has 4 aromatic rings. The second-order valence-corrected chi connectivity index (χ2v) is 11.8. The SMILES string of the molecule is CCOc1cc(C=Nc2ccc([C@@H]3Nc4ccc(C)cc4[C@@H]4C=CC[C@H]43)cc2)cc(I)c1OCc1ccc(F)cc1. The summed E-state index contributed by atoms with van der Waals surface area (Å²) in [6.07, 6.45) is 7.65. The van der Waals surface area contributed by atoms with E-state index in [0.717, 1.165) is 26.8 Å². The van der Waals surface area contributed by atoms with E-state index < -0.39 is 0 Å². The molecule has 1 aliphatic heterocycles. The Kier molecular flexibility index (Phi) is 8.10. The maximum absolute atomic E-state index is 13.3. The quantitative estimate of drug-likeness (QED) is 0.117. The Morgan fingerprint density at radius 3 is 2.59 bits per heavy atom. The third-order valence-corrected chi connectivity index (χ3v) is 8.56. The van der Waals surface area contributed by atoms with E-state index in [9.17, 15) is 4.39 Å². The van der Waals surface area contributed by atoms with E-state index in [0.29, 0.717) is 36.5 Å². The second-order valence-electron chi connectivity index (χ2n) is 10.6. The van der Waals surface area contributed by atoms with Crippen molar-refractivity contribution in [2.24, 2.45) is 10.9 Å². The van der Waals surface area contributed by atoms with E-state index >= 15 is 0 Å². The van der Waals surface area contributed by atoms with Gasteiger partial charge in [-0.3, -0.25) is 4.99 Å². The predicted molar refractivity (Wildman–Crippen MR) is 172 cm³/mol. The summed E-state index contributed by atoms with van der Waals surface area (Å²) in [6, 6.07) is 25.9. The van der Waals surface area contributed by atoms with Crippen LogP contribution in [0.15, 0.2) is 96.0 Å². The number of aliphatic imine (C=N–C) groups is 1. The molecule has 1 heterocycles. The van der Waals surface area contributed by atoms with Gasteiger partial charge in [-0.2, -0.15) is 0 Å². The molecule has 2 aliphatic rings. The predicted octanol–water partition coefficient (Wildman–Crippen LogP) is 9.29. The van der Waals surface area contributed by atoms with Crippen LogP contribution in [-0.2, 0) is 6.61 Å². The summed E-state index contributed by atoms with van der Waals surface area (Å²) >= 11 is 2.26. The van der Waals surface area contributed by atoms with Gasteiger partial charge in [-0.15, -0.1) is 0 Å². The Bertz CT molecular complexity index is 1600. The number of hydrogen-bond donors (Lipinski definition) is 1. The number of halogens is 2. The summed E-state index contributed by atoms with van der Waals surface area (Å²) < 4.78 is 26.2. The molecule has 6 rings (SSSR count). The Balaban J connectivity index is 1.17. The van der Waals surface area contributed by atoms with Gasteiger partial charge in [0.2, 0.25) is 0 Å². The molecule has 0 unspecified atom stereocenters. The molecule has 4 nitrogen and oxygen atoms in total. The minimum absolute atomic E-state index is 0.261. The zero-order valence-electron chi connectivity index (χ0n) is 23.1. The van der Waals surface area contributed by atoms with Crippen molar-refractivity contribution >= 4 is 40.2 Å². The molecule has 3 atom stereocenters. The molecule has 0 spiro atoms. The molecule has 4 aromatic carbocycles. The molecule has 0 aromatic heterocycles. The summed E-state index contributed by atoms with van der Waals surface area (Å²) in [5, 5.41) is 3.82. The summed E-state index contributed by atoms with van der Waals surface area (Å²) in [4.78, 5) is 4.76. The molecule has 0 amide bonds. The first kappa shape index (κ1) is 27.5. The fourth-order valence-electron chi connectivity index (χ4n) is 5.76. The molecular formula is C35H32FIN2O2. The van der Waals surface area contributed by atoms with Gasteiger partial charge in [-0.1, -0.05) is 54.1 Å². The minimum atomic E-state index is -0.261. The number of rotatable bonds is 8. The first-order chi connectivity index (χ1) is 20.0. The molecule has 41 heavy (non-hydrogen) atoms. The highest BCUT2D eigenvalue weighted by molar-refractivity contribution is 14.1. The molecule has 0 saturated heterocycles. The number of benzene rings is 4. The average molecular weight is 659 g/mol. The van der Waals surface area contributed by atoms with Crippen LogP contribution in [0.25, 0.3) is 0 Å². The van der Waals surface area contributed by atoms with Crippen LogP contribution in [0, 0.1) is 22.2 Å². The smallest absolute Gasteiger partial charge is 0.175 e. The van der Waals surface area contributed by atoms with Crippen molar-refractivity contribution in [2.75, 3.05) is 11.9 Å². The van der Waals surface area contributed by atoms with Gasteiger partial charge in [0, 0.05) is 17.8 Å². The van der Waals surface area contributed by atoms with Crippen LogP contribution in [0.2, 0.25) is 0 Å². The largest absolute Gasteiger partial charge is 0.490 e. The van der Waals surface area contributed by atoms with Gasteiger partial charge >= 0.3 is 0 Å². The van der Waals surface area contributed by atoms with Crippen molar-refractivity contribution in [3.05, 3.63) is 128 Å². The van der Waals surface area contributed by atoms with Crippen LogP contribution in [0.1, 0.15) is 53.1 Å². The minimum Gasteiger partial charge on any atom is -0.490 e. The van der Waals surface area contributed by atoms with E-state index in [2.05, 4.69) is 89.4 Å². The Hall–Kier alpha value is -3.65. The maximum atomic E-state index is 13.3. The van der Waals surface area contributed by atoms with Gasteiger partial charge in [-0.05, 0) is 113 Å². The lowest BCUT2D eigenvalue weighted by molar-refractivity contribution is 0.267. The van der Waals surface area contributed by atoms with Crippen molar-refractivity contribution in [2.45, 2.75) is 38.8 Å². The molecule has 0 fully saturated rings. The summed E-state index contributed by atoms with van der Waals surface area (Å²) in [6.45, 7) is 4.95. The first-order valence-corrected chi connectivity index (χ1v) is 15.1. The van der Waals surface area contributed by atoms with Gasteiger partial charge in [0.15, 0.2) is 11.5 Å². The van der Waals surface area contributed by atoms with Crippen molar-refractivity contribution in [1.29, 1.82) is 0 Å².